The van der Waals surface area contributed by atoms with E-state index >= 15 is 0 Å². The number of likely N-dealkylation sites (N-methyl/N-ethyl adjacent to an activating group) is 1. The molecular formula is C30H34N6O4. The first kappa shape index (κ1) is 26.1. The van der Waals surface area contributed by atoms with Gasteiger partial charge in [-0.1, -0.05) is 42.5 Å². The molecular weight excluding hydrogens is 508 g/mol. The van der Waals surface area contributed by atoms with E-state index in [0.717, 1.165) is 42.3 Å². The first-order valence-corrected chi connectivity index (χ1v) is 14.0. The second-order valence-corrected chi connectivity index (χ2v) is 10.9. The molecule has 40 heavy (non-hydrogen) atoms. The Morgan fingerprint density at radius 3 is 2.77 bits per heavy atom. The quantitative estimate of drug-likeness (QED) is 0.488. The molecule has 4 heterocycles. The molecule has 10 nitrogen and oxygen atoms in total. The Morgan fingerprint density at radius 2 is 1.98 bits per heavy atom. The highest BCUT2D eigenvalue weighted by Crippen LogP contribution is 2.41. The van der Waals surface area contributed by atoms with E-state index in [-0.39, 0.29) is 18.5 Å². The van der Waals surface area contributed by atoms with Crippen molar-refractivity contribution in [1.29, 1.82) is 5.26 Å². The average molecular weight is 543 g/mol. The minimum absolute atomic E-state index is 0.118. The molecule has 0 radical (unpaired) electrons. The number of rotatable bonds is 6. The van der Waals surface area contributed by atoms with Gasteiger partial charge in [-0.2, -0.15) is 15.2 Å². The van der Waals surface area contributed by atoms with Gasteiger partial charge in [-0.25, -0.2) is 4.79 Å². The van der Waals surface area contributed by atoms with Crippen LogP contribution < -0.4 is 14.4 Å². The van der Waals surface area contributed by atoms with Crippen LogP contribution in [0.15, 0.2) is 42.5 Å². The summed E-state index contributed by atoms with van der Waals surface area (Å²) in [7, 11) is 2.11. The van der Waals surface area contributed by atoms with Gasteiger partial charge in [0.2, 0.25) is 5.88 Å². The third kappa shape index (κ3) is 5.09. The van der Waals surface area contributed by atoms with Gasteiger partial charge in [0.05, 0.1) is 24.1 Å². The first-order chi connectivity index (χ1) is 19.5. The van der Waals surface area contributed by atoms with Gasteiger partial charge in [0, 0.05) is 31.2 Å². The van der Waals surface area contributed by atoms with Crippen LogP contribution in [0.1, 0.15) is 42.9 Å². The van der Waals surface area contributed by atoms with Crippen molar-refractivity contribution in [2.75, 3.05) is 44.7 Å². The number of fused-ring (bicyclic) bond motifs is 2. The fourth-order valence-corrected chi connectivity index (χ4v) is 6.23. The molecule has 0 aliphatic carbocycles. The summed E-state index contributed by atoms with van der Waals surface area (Å²) in [6.45, 7) is 2.68. The van der Waals surface area contributed by atoms with E-state index in [1.165, 1.54) is 10.3 Å². The number of anilines is 1. The molecule has 1 N–H and O–H groups in total. The van der Waals surface area contributed by atoms with Crippen LogP contribution in [0, 0.1) is 11.3 Å². The lowest BCUT2D eigenvalue weighted by Crippen LogP contribution is -2.55. The predicted molar refractivity (Wildman–Crippen MR) is 150 cm³/mol. The van der Waals surface area contributed by atoms with Gasteiger partial charge in [0.1, 0.15) is 18.5 Å². The van der Waals surface area contributed by atoms with Crippen LogP contribution in [0.2, 0.25) is 0 Å². The van der Waals surface area contributed by atoms with Crippen molar-refractivity contribution in [2.24, 2.45) is 0 Å². The number of benzene rings is 2. The fraction of sp³-hybridized carbons (Fsp3) is 0.467. The van der Waals surface area contributed by atoms with E-state index in [1.807, 2.05) is 12.1 Å². The van der Waals surface area contributed by atoms with Crippen molar-refractivity contribution in [1.82, 2.24) is 19.8 Å². The van der Waals surface area contributed by atoms with Crippen molar-refractivity contribution in [3.63, 3.8) is 0 Å². The maximum atomic E-state index is 11.8. The van der Waals surface area contributed by atoms with Crippen molar-refractivity contribution in [3.05, 3.63) is 53.6 Å². The smallest absolute Gasteiger partial charge is 0.407 e. The third-order valence-corrected chi connectivity index (χ3v) is 8.44. The molecule has 1 unspecified atom stereocenters. The van der Waals surface area contributed by atoms with E-state index < -0.39 is 12.1 Å². The van der Waals surface area contributed by atoms with Crippen LogP contribution >= 0.6 is 0 Å². The minimum atomic E-state index is -1.00. The normalized spacial score (nSPS) is 22.9. The van der Waals surface area contributed by atoms with E-state index in [4.69, 9.17) is 19.4 Å². The Kier molecular flexibility index (Phi) is 7.30. The SMILES string of the molecule is CN1CCC[C@H]1COc1nc2c(c(N3CCN(C(=O)O)[C@@H](CC#N)C3)n1)CCC(c1cccc3ccccc13)O2. The van der Waals surface area contributed by atoms with Crippen LogP contribution in [-0.4, -0.2) is 82.9 Å². The standard InChI is InChI=1S/C30H34N6O4/c1-34-15-5-8-22(34)19-39-29-32-27(35-16-17-36(30(37)38)21(18-35)13-14-31)25-11-12-26(40-28(25)33-29)24-10-4-7-20-6-2-3-9-23(20)24/h2-4,6-7,9-10,21-22,26H,5,8,11-13,15-19H2,1H3,(H,37,38)/t21-,22-,26?/m0/s1. The van der Waals surface area contributed by atoms with Gasteiger partial charge in [0.15, 0.2) is 0 Å². The molecule has 2 fully saturated rings. The van der Waals surface area contributed by atoms with Crippen molar-refractivity contribution < 1.29 is 19.4 Å². The van der Waals surface area contributed by atoms with Gasteiger partial charge in [0.25, 0.3) is 0 Å². The zero-order valence-electron chi connectivity index (χ0n) is 22.7. The molecule has 1 aromatic heterocycles. The maximum Gasteiger partial charge on any atom is 0.407 e. The van der Waals surface area contributed by atoms with Gasteiger partial charge < -0.3 is 29.3 Å². The van der Waals surface area contributed by atoms with E-state index in [0.29, 0.717) is 50.4 Å². The first-order valence-electron chi connectivity index (χ1n) is 14.0. The van der Waals surface area contributed by atoms with Gasteiger partial charge >= 0.3 is 12.1 Å². The lowest BCUT2D eigenvalue weighted by atomic mass is 9.94. The van der Waals surface area contributed by atoms with Crippen LogP contribution in [0.3, 0.4) is 0 Å². The zero-order chi connectivity index (χ0) is 27.6. The zero-order valence-corrected chi connectivity index (χ0v) is 22.7. The van der Waals surface area contributed by atoms with Crippen LogP contribution in [0.4, 0.5) is 10.6 Å². The Bertz CT molecular complexity index is 1440. The highest BCUT2D eigenvalue weighted by atomic mass is 16.5. The van der Waals surface area contributed by atoms with Gasteiger partial charge in [-0.3, -0.25) is 0 Å². The summed E-state index contributed by atoms with van der Waals surface area (Å²) in [6.07, 6.45) is 2.65. The Labute approximate surface area is 233 Å². The summed E-state index contributed by atoms with van der Waals surface area (Å²) in [5.41, 5.74) is 2.03. The monoisotopic (exact) mass is 542 g/mol. The van der Waals surface area contributed by atoms with E-state index in [2.05, 4.69) is 53.2 Å². The topological polar surface area (TPSA) is 115 Å². The number of piperazine rings is 1. The summed E-state index contributed by atoms with van der Waals surface area (Å²) in [5, 5.41) is 21.4. The number of likely N-dealkylation sites (tertiary alicyclic amines) is 1. The number of carbonyl (C=O) groups is 1. The van der Waals surface area contributed by atoms with E-state index in [1.54, 1.807) is 0 Å². The second-order valence-electron chi connectivity index (χ2n) is 10.9. The van der Waals surface area contributed by atoms with Crippen LogP contribution in [-0.2, 0) is 6.42 Å². The molecule has 10 heteroatoms. The predicted octanol–water partition coefficient (Wildman–Crippen LogP) is 4.25. The summed E-state index contributed by atoms with van der Waals surface area (Å²) in [5.74, 6) is 1.23. The number of hydrogen-bond acceptors (Lipinski definition) is 8. The summed E-state index contributed by atoms with van der Waals surface area (Å²) < 4.78 is 12.8. The molecule has 3 aromatic rings. The number of hydrogen-bond donors (Lipinski definition) is 1. The summed E-state index contributed by atoms with van der Waals surface area (Å²) >= 11 is 0. The molecule has 6 rings (SSSR count). The molecule has 3 atom stereocenters. The Morgan fingerprint density at radius 1 is 1.12 bits per heavy atom. The van der Waals surface area contributed by atoms with Crippen LogP contribution in [0.25, 0.3) is 10.8 Å². The van der Waals surface area contributed by atoms with E-state index in [9.17, 15) is 15.2 Å². The molecule has 3 aliphatic rings. The number of carboxylic acid groups (broad SMARTS) is 1. The number of nitrogens with zero attached hydrogens (tertiary/aromatic N) is 6. The minimum Gasteiger partial charge on any atom is -0.469 e. The number of nitriles is 1. The largest absolute Gasteiger partial charge is 0.469 e. The van der Waals surface area contributed by atoms with Crippen LogP contribution in [0.5, 0.6) is 11.9 Å². The molecule has 3 aliphatic heterocycles. The Balaban J connectivity index is 1.33. The molecule has 208 valence electrons. The van der Waals surface area contributed by atoms with Crippen molar-refractivity contribution in [3.8, 4) is 18.0 Å². The molecule has 0 saturated carbocycles. The molecule has 1 amide bonds. The number of aromatic nitrogens is 2. The number of amides is 1. The lowest BCUT2D eigenvalue weighted by Gasteiger charge is -2.40. The molecule has 2 saturated heterocycles. The fourth-order valence-electron chi connectivity index (χ4n) is 6.23. The highest BCUT2D eigenvalue weighted by Gasteiger charge is 2.35. The number of ether oxygens (including phenoxy) is 2. The lowest BCUT2D eigenvalue weighted by molar-refractivity contribution is 0.118. The third-order valence-electron chi connectivity index (χ3n) is 8.44. The molecule has 0 spiro atoms. The second kappa shape index (κ2) is 11.2. The molecule has 0 bridgehead atoms. The van der Waals surface area contributed by atoms with Gasteiger partial charge in [-0.15, -0.1) is 0 Å². The highest BCUT2D eigenvalue weighted by molar-refractivity contribution is 5.86. The molecule has 2 aromatic carbocycles. The average Bonchev–Trinajstić information content (AvgIpc) is 3.39. The summed E-state index contributed by atoms with van der Waals surface area (Å²) in [6, 6.07) is 16.9. The Hall–Kier alpha value is -4.10. The van der Waals surface area contributed by atoms with Crippen molar-refractivity contribution >= 4 is 22.7 Å². The maximum absolute atomic E-state index is 11.8. The van der Waals surface area contributed by atoms with Gasteiger partial charge in [-0.05, 0) is 50.0 Å². The summed E-state index contributed by atoms with van der Waals surface area (Å²) in [4.78, 5) is 27.1. The van der Waals surface area contributed by atoms with Crippen molar-refractivity contribution in [2.45, 2.75) is 50.3 Å².